The summed E-state index contributed by atoms with van der Waals surface area (Å²) in [6.45, 7) is 0. The molecule has 0 saturated carbocycles. The molecule has 0 bridgehead atoms. The number of benzene rings is 1. The smallest absolute Gasteiger partial charge is 0.202 e. The average molecular weight is 176 g/mol. The first-order valence-electron chi connectivity index (χ1n) is 3.80. The maximum atomic E-state index is 11.2. The molecule has 0 aromatic heterocycles. The van der Waals surface area contributed by atoms with Crippen molar-refractivity contribution in [3.63, 3.8) is 0 Å². The fourth-order valence-electron chi connectivity index (χ4n) is 0.926. The lowest BCUT2D eigenvalue weighted by atomic mass is 10.1. The van der Waals surface area contributed by atoms with Crippen LogP contribution in [-0.4, -0.2) is 17.9 Å². The lowest BCUT2D eigenvalue weighted by molar-refractivity contribution is -0.129. The maximum Gasteiger partial charge on any atom is 0.202 e. The molecule has 0 aliphatic carbocycles. The summed E-state index contributed by atoms with van der Waals surface area (Å²) in [6, 6.07) is 8.41. The molecule has 66 valence electrons. The zero-order valence-corrected chi connectivity index (χ0v) is 6.90. The number of hydrogen-bond donors (Lipinski definition) is 0. The van der Waals surface area contributed by atoms with Gasteiger partial charge in [-0.1, -0.05) is 30.3 Å². The standard InChI is InChI=1S/C10H8O3/c11-7-9(12)6-10(13)8-4-2-1-3-5-8/h1-5,7H,6H2. The first kappa shape index (κ1) is 9.32. The van der Waals surface area contributed by atoms with Crippen LogP contribution in [0.5, 0.6) is 0 Å². The minimum atomic E-state index is -0.686. The number of ketones is 2. The molecule has 0 fully saturated rings. The fourth-order valence-corrected chi connectivity index (χ4v) is 0.926. The Balaban J connectivity index is 2.70. The third-order valence-electron chi connectivity index (χ3n) is 1.56. The van der Waals surface area contributed by atoms with Gasteiger partial charge in [-0.25, -0.2) is 0 Å². The first-order valence-corrected chi connectivity index (χ1v) is 3.80. The molecule has 0 radical (unpaired) electrons. The van der Waals surface area contributed by atoms with Crippen molar-refractivity contribution in [1.82, 2.24) is 0 Å². The molecule has 0 atom stereocenters. The van der Waals surface area contributed by atoms with Gasteiger partial charge in [0.25, 0.3) is 0 Å². The van der Waals surface area contributed by atoms with Crippen LogP contribution in [0.4, 0.5) is 0 Å². The van der Waals surface area contributed by atoms with E-state index in [9.17, 15) is 14.4 Å². The van der Waals surface area contributed by atoms with Crippen molar-refractivity contribution in [3.05, 3.63) is 35.9 Å². The van der Waals surface area contributed by atoms with E-state index in [4.69, 9.17) is 0 Å². The number of aldehydes is 1. The summed E-state index contributed by atoms with van der Waals surface area (Å²) in [7, 11) is 0. The molecule has 1 rings (SSSR count). The Bertz CT molecular complexity index is 327. The van der Waals surface area contributed by atoms with Crippen LogP contribution in [0.3, 0.4) is 0 Å². The zero-order chi connectivity index (χ0) is 9.68. The van der Waals surface area contributed by atoms with E-state index in [0.717, 1.165) is 0 Å². The van der Waals surface area contributed by atoms with E-state index >= 15 is 0 Å². The van der Waals surface area contributed by atoms with Crippen LogP contribution in [0.2, 0.25) is 0 Å². The molecule has 0 spiro atoms. The summed E-state index contributed by atoms with van der Waals surface area (Å²) in [4.78, 5) is 31.8. The Morgan fingerprint density at radius 2 is 1.77 bits per heavy atom. The minimum Gasteiger partial charge on any atom is -0.295 e. The van der Waals surface area contributed by atoms with Gasteiger partial charge in [0, 0.05) is 5.56 Å². The van der Waals surface area contributed by atoms with Gasteiger partial charge in [0.2, 0.25) is 5.78 Å². The minimum absolute atomic E-state index is 0.167. The third kappa shape index (κ3) is 2.63. The monoisotopic (exact) mass is 176 g/mol. The van der Waals surface area contributed by atoms with Crippen LogP contribution in [0.15, 0.2) is 30.3 Å². The van der Waals surface area contributed by atoms with Crippen LogP contribution in [0, 0.1) is 0 Å². The summed E-state index contributed by atoms with van der Waals surface area (Å²) in [6.07, 6.45) is -0.172. The van der Waals surface area contributed by atoms with Gasteiger partial charge in [0.05, 0.1) is 6.42 Å². The topological polar surface area (TPSA) is 51.2 Å². The number of rotatable bonds is 4. The molecule has 0 unspecified atom stereocenters. The average Bonchev–Trinajstić information content (AvgIpc) is 2.19. The van der Waals surface area contributed by atoms with Crippen molar-refractivity contribution in [3.8, 4) is 0 Å². The largest absolute Gasteiger partial charge is 0.295 e. The third-order valence-corrected chi connectivity index (χ3v) is 1.56. The molecule has 0 aliphatic rings. The predicted molar refractivity (Wildman–Crippen MR) is 46.5 cm³/mol. The molecule has 0 heterocycles. The van der Waals surface area contributed by atoms with Crippen molar-refractivity contribution in [2.75, 3.05) is 0 Å². The van der Waals surface area contributed by atoms with Crippen molar-refractivity contribution >= 4 is 17.9 Å². The van der Waals surface area contributed by atoms with E-state index < -0.39 is 5.78 Å². The quantitative estimate of drug-likeness (QED) is 0.298. The number of carbonyl (C=O) groups is 3. The van der Waals surface area contributed by atoms with E-state index in [1.165, 1.54) is 0 Å². The number of Topliss-reactive ketones (excluding diaryl/α,β-unsaturated/α-hetero) is 2. The summed E-state index contributed by atoms with van der Waals surface area (Å²) >= 11 is 0. The Hall–Kier alpha value is -1.77. The van der Waals surface area contributed by atoms with E-state index in [0.29, 0.717) is 5.56 Å². The lowest BCUT2D eigenvalue weighted by Gasteiger charge is -1.95. The fraction of sp³-hybridized carbons (Fsp3) is 0.100. The Kier molecular flexibility index (Phi) is 3.09. The molecule has 3 nitrogen and oxygen atoms in total. The van der Waals surface area contributed by atoms with Gasteiger partial charge >= 0.3 is 0 Å². The van der Waals surface area contributed by atoms with Crippen LogP contribution in [0.25, 0.3) is 0 Å². The second-order valence-electron chi connectivity index (χ2n) is 2.55. The maximum absolute atomic E-state index is 11.2. The highest BCUT2D eigenvalue weighted by molar-refractivity contribution is 6.31. The van der Waals surface area contributed by atoms with Gasteiger partial charge in [-0.05, 0) is 0 Å². The van der Waals surface area contributed by atoms with Gasteiger partial charge in [0.15, 0.2) is 12.1 Å². The van der Waals surface area contributed by atoms with Gasteiger partial charge in [-0.15, -0.1) is 0 Å². The normalized spacial score (nSPS) is 9.23. The second-order valence-corrected chi connectivity index (χ2v) is 2.55. The zero-order valence-electron chi connectivity index (χ0n) is 6.90. The van der Waals surface area contributed by atoms with Gasteiger partial charge in [-0.3, -0.25) is 14.4 Å². The number of hydrogen-bond acceptors (Lipinski definition) is 3. The van der Waals surface area contributed by atoms with Crippen molar-refractivity contribution in [2.45, 2.75) is 6.42 Å². The van der Waals surface area contributed by atoms with E-state index in [1.54, 1.807) is 30.3 Å². The molecular weight excluding hydrogens is 168 g/mol. The van der Waals surface area contributed by atoms with E-state index in [-0.39, 0.29) is 18.5 Å². The van der Waals surface area contributed by atoms with Crippen LogP contribution < -0.4 is 0 Å². The summed E-state index contributed by atoms with van der Waals surface area (Å²) in [5, 5.41) is 0. The molecule has 1 aromatic carbocycles. The van der Waals surface area contributed by atoms with E-state index in [1.807, 2.05) is 0 Å². The molecule has 0 saturated heterocycles. The van der Waals surface area contributed by atoms with Crippen LogP contribution >= 0.6 is 0 Å². The second kappa shape index (κ2) is 4.30. The summed E-state index contributed by atoms with van der Waals surface area (Å²) < 4.78 is 0. The van der Waals surface area contributed by atoms with Crippen molar-refractivity contribution in [1.29, 1.82) is 0 Å². The summed E-state index contributed by atoms with van der Waals surface area (Å²) in [5.74, 6) is -1.01. The van der Waals surface area contributed by atoms with Gasteiger partial charge in [-0.2, -0.15) is 0 Å². The van der Waals surface area contributed by atoms with Crippen LogP contribution in [0.1, 0.15) is 16.8 Å². The summed E-state index contributed by atoms with van der Waals surface area (Å²) in [5.41, 5.74) is 0.456. The highest BCUT2D eigenvalue weighted by atomic mass is 16.2. The molecule has 1 aromatic rings. The molecule has 0 aliphatic heterocycles. The highest BCUT2D eigenvalue weighted by Crippen LogP contribution is 2.02. The molecule has 3 heteroatoms. The Morgan fingerprint density at radius 1 is 1.15 bits per heavy atom. The first-order chi connectivity index (χ1) is 6.24. The molecule has 13 heavy (non-hydrogen) atoms. The Morgan fingerprint density at radius 3 is 2.31 bits per heavy atom. The Labute approximate surface area is 75.4 Å². The molecule has 0 amide bonds. The van der Waals surface area contributed by atoms with Crippen LogP contribution in [-0.2, 0) is 9.59 Å². The van der Waals surface area contributed by atoms with Gasteiger partial charge < -0.3 is 0 Å². The number of carbonyl (C=O) groups excluding carboxylic acids is 3. The highest BCUT2D eigenvalue weighted by Gasteiger charge is 2.09. The van der Waals surface area contributed by atoms with Crippen molar-refractivity contribution in [2.24, 2.45) is 0 Å². The van der Waals surface area contributed by atoms with Gasteiger partial charge in [0.1, 0.15) is 0 Å². The lowest BCUT2D eigenvalue weighted by Crippen LogP contribution is -2.08. The molecular formula is C10H8O3. The SMILES string of the molecule is O=CC(=O)CC(=O)c1ccccc1. The predicted octanol–water partition coefficient (Wildman–Crippen LogP) is 1.03. The van der Waals surface area contributed by atoms with Crippen molar-refractivity contribution < 1.29 is 14.4 Å². The van der Waals surface area contributed by atoms with E-state index in [2.05, 4.69) is 0 Å². The molecule has 0 N–H and O–H groups in total.